The average molecular weight is 355 g/mol. The summed E-state index contributed by atoms with van der Waals surface area (Å²) in [7, 11) is 0. The Labute approximate surface area is 161 Å². The van der Waals surface area contributed by atoms with E-state index in [2.05, 4.69) is 53.7 Å². The molecule has 0 spiro atoms. The van der Waals surface area contributed by atoms with E-state index >= 15 is 0 Å². The van der Waals surface area contributed by atoms with Crippen molar-refractivity contribution >= 4 is 5.78 Å². The summed E-state index contributed by atoms with van der Waals surface area (Å²) in [5.74, 6) is 3.36. The minimum Gasteiger partial charge on any atom is -0.294 e. The summed E-state index contributed by atoms with van der Waals surface area (Å²) in [6.45, 7) is 13.8. The van der Waals surface area contributed by atoms with Gasteiger partial charge in [-0.25, -0.2) is 0 Å². The zero-order valence-electron chi connectivity index (χ0n) is 17.8. The van der Waals surface area contributed by atoms with Crippen molar-refractivity contribution in [3.8, 4) is 0 Å². The van der Waals surface area contributed by atoms with E-state index in [0.717, 1.165) is 17.8 Å². The number of ketones is 1. The van der Waals surface area contributed by atoms with Crippen LogP contribution in [0.4, 0.5) is 0 Å². The van der Waals surface area contributed by atoms with Crippen LogP contribution in [0, 0.1) is 35.0 Å². The van der Waals surface area contributed by atoms with Gasteiger partial charge in [0, 0.05) is 5.92 Å². The highest BCUT2D eigenvalue weighted by Crippen LogP contribution is 2.58. The quantitative estimate of drug-likeness (QED) is 0.502. The van der Waals surface area contributed by atoms with Crippen LogP contribution in [0.25, 0.3) is 0 Å². The minimum absolute atomic E-state index is 0.141. The van der Waals surface area contributed by atoms with Gasteiger partial charge in [0.15, 0.2) is 5.78 Å². The van der Waals surface area contributed by atoms with E-state index in [-0.39, 0.29) is 5.92 Å². The van der Waals surface area contributed by atoms with Gasteiger partial charge in [0.1, 0.15) is 0 Å². The minimum atomic E-state index is 0.141. The monoisotopic (exact) mass is 354 g/mol. The summed E-state index contributed by atoms with van der Waals surface area (Å²) in [6, 6.07) is 0. The van der Waals surface area contributed by atoms with Crippen LogP contribution < -0.4 is 0 Å². The Balaban J connectivity index is 1.80. The number of rotatable bonds is 4. The second-order valence-electron chi connectivity index (χ2n) is 10.1. The normalized spacial score (nSPS) is 37.8. The zero-order valence-corrected chi connectivity index (χ0v) is 17.8. The van der Waals surface area contributed by atoms with Crippen molar-refractivity contribution in [2.24, 2.45) is 35.0 Å². The summed E-state index contributed by atoms with van der Waals surface area (Å²) < 4.78 is 0. The topological polar surface area (TPSA) is 17.1 Å². The highest BCUT2D eigenvalue weighted by atomic mass is 16.1. The highest BCUT2D eigenvalue weighted by molar-refractivity contribution is 5.97. The molecule has 1 saturated carbocycles. The van der Waals surface area contributed by atoms with Crippen LogP contribution >= 0.6 is 0 Å². The van der Waals surface area contributed by atoms with Gasteiger partial charge >= 0.3 is 0 Å². The summed E-state index contributed by atoms with van der Waals surface area (Å²) in [5.41, 5.74) is 4.50. The van der Waals surface area contributed by atoms with Crippen molar-refractivity contribution in [3.63, 3.8) is 0 Å². The molecule has 6 unspecified atom stereocenters. The average Bonchev–Trinajstić information content (AvgIpc) is 3.00. The Morgan fingerprint density at radius 2 is 2.04 bits per heavy atom. The maximum atomic E-state index is 12.5. The lowest BCUT2D eigenvalue weighted by Gasteiger charge is -2.41. The Morgan fingerprint density at radius 1 is 1.31 bits per heavy atom. The second-order valence-corrected chi connectivity index (χ2v) is 10.1. The molecule has 0 aromatic carbocycles. The molecule has 3 rings (SSSR count). The van der Waals surface area contributed by atoms with Gasteiger partial charge in [0.25, 0.3) is 0 Å². The fourth-order valence-electron chi connectivity index (χ4n) is 6.29. The first-order valence-electron chi connectivity index (χ1n) is 10.7. The van der Waals surface area contributed by atoms with E-state index in [1.165, 1.54) is 55.2 Å². The molecule has 3 aliphatic rings. The number of hydrogen-bond donors (Lipinski definition) is 0. The number of carbonyl (C=O) groups excluding carboxylic acids is 1. The fourth-order valence-corrected chi connectivity index (χ4v) is 6.29. The lowest BCUT2D eigenvalue weighted by atomic mass is 9.63. The molecule has 1 nitrogen and oxygen atoms in total. The maximum Gasteiger partial charge on any atom is 0.163 e. The van der Waals surface area contributed by atoms with Crippen LogP contribution in [0.15, 0.2) is 34.9 Å². The molecular formula is C25H38O. The highest BCUT2D eigenvalue weighted by Gasteiger charge is 2.50. The first kappa shape index (κ1) is 19.6. The molecule has 0 heterocycles. The SMILES string of the molecule is CC(C)=CCCC(C)C1CCC2(C)CC3C(C)=CC(=O)C3C(C)=CCC12. The van der Waals surface area contributed by atoms with Crippen LogP contribution in [0.3, 0.4) is 0 Å². The molecule has 1 fully saturated rings. The predicted molar refractivity (Wildman–Crippen MR) is 111 cm³/mol. The summed E-state index contributed by atoms with van der Waals surface area (Å²) in [4.78, 5) is 12.5. The first-order valence-corrected chi connectivity index (χ1v) is 10.7. The van der Waals surface area contributed by atoms with Crippen LogP contribution in [-0.4, -0.2) is 5.78 Å². The molecule has 1 heteroatoms. The third-order valence-corrected chi connectivity index (χ3v) is 7.90. The molecule has 0 aliphatic heterocycles. The molecule has 144 valence electrons. The van der Waals surface area contributed by atoms with Gasteiger partial charge in [0.05, 0.1) is 0 Å². The van der Waals surface area contributed by atoms with E-state index in [0.29, 0.717) is 17.1 Å². The zero-order chi connectivity index (χ0) is 19.1. The Bertz CT molecular complexity index is 645. The molecule has 26 heavy (non-hydrogen) atoms. The van der Waals surface area contributed by atoms with Gasteiger partial charge in [-0.3, -0.25) is 4.79 Å². The van der Waals surface area contributed by atoms with Gasteiger partial charge in [-0.2, -0.15) is 0 Å². The van der Waals surface area contributed by atoms with Crippen LogP contribution in [0.5, 0.6) is 0 Å². The van der Waals surface area contributed by atoms with Gasteiger partial charge in [0.2, 0.25) is 0 Å². The largest absolute Gasteiger partial charge is 0.294 e. The number of hydrogen-bond acceptors (Lipinski definition) is 1. The fraction of sp³-hybridized carbons (Fsp3) is 0.720. The van der Waals surface area contributed by atoms with Crippen molar-refractivity contribution < 1.29 is 4.79 Å². The molecule has 0 bridgehead atoms. The van der Waals surface area contributed by atoms with Crippen molar-refractivity contribution in [1.82, 2.24) is 0 Å². The van der Waals surface area contributed by atoms with E-state index < -0.39 is 0 Å². The van der Waals surface area contributed by atoms with Crippen molar-refractivity contribution in [2.45, 2.75) is 80.1 Å². The molecule has 0 amide bonds. The Kier molecular flexibility index (Phi) is 5.66. The standard InChI is InChI=1S/C25H38O/c1-16(2)8-7-9-17(3)20-12-13-25(6)15-21-19(5)14-23(26)24(21)18(4)10-11-22(20)25/h8,10,14,17,20-22,24H,7,9,11-13,15H2,1-6H3. The third-order valence-electron chi connectivity index (χ3n) is 7.90. The Morgan fingerprint density at radius 3 is 2.73 bits per heavy atom. The van der Waals surface area contributed by atoms with Gasteiger partial charge < -0.3 is 0 Å². The Hall–Kier alpha value is -1.11. The van der Waals surface area contributed by atoms with Gasteiger partial charge in [-0.1, -0.05) is 42.7 Å². The second kappa shape index (κ2) is 7.49. The molecule has 0 saturated heterocycles. The molecule has 0 aromatic rings. The summed E-state index contributed by atoms with van der Waals surface area (Å²) in [6.07, 6.45) is 14.4. The maximum absolute atomic E-state index is 12.5. The lowest BCUT2D eigenvalue weighted by molar-refractivity contribution is -0.117. The molecule has 3 aliphatic carbocycles. The van der Waals surface area contributed by atoms with Gasteiger partial charge in [-0.05, 0) is 101 Å². The molecule has 0 aromatic heterocycles. The van der Waals surface area contributed by atoms with E-state index in [4.69, 9.17) is 0 Å². The summed E-state index contributed by atoms with van der Waals surface area (Å²) >= 11 is 0. The van der Waals surface area contributed by atoms with Gasteiger partial charge in [-0.15, -0.1) is 0 Å². The third kappa shape index (κ3) is 3.64. The van der Waals surface area contributed by atoms with Crippen LogP contribution in [-0.2, 0) is 4.79 Å². The lowest BCUT2D eigenvalue weighted by Crippen LogP contribution is -2.34. The summed E-state index contributed by atoms with van der Waals surface area (Å²) in [5, 5.41) is 0. The molecule has 0 N–H and O–H groups in total. The van der Waals surface area contributed by atoms with E-state index in [1.54, 1.807) is 0 Å². The van der Waals surface area contributed by atoms with E-state index in [9.17, 15) is 4.79 Å². The van der Waals surface area contributed by atoms with Crippen LogP contribution in [0.2, 0.25) is 0 Å². The number of fused-ring (bicyclic) bond motifs is 2. The smallest absolute Gasteiger partial charge is 0.163 e. The van der Waals surface area contributed by atoms with Crippen molar-refractivity contribution in [1.29, 1.82) is 0 Å². The predicted octanol–water partition coefficient (Wildman–Crippen LogP) is 6.90. The first-order chi connectivity index (χ1) is 12.2. The van der Waals surface area contributed by atoms with Crippen molar-refractivity contribution in [3.05, 3.63) is 34.9 Å². The van der Waals surface area contributed by atoms with Crippen LogP contribution in [0.1, 0.15) is 80.1 Å². The van der Waals surface area contributed by atoms with E-state index in [1.807, 2.05) is 6.08 Å². The molecular weight excluding hydrogens is 316 g/mol. The number of allylic oxidation sites excluding steroid dienone is 6. The van der Waals surface area contributed by atoms with Crippen molar-refractivity contribution in [2.75, 3.05) is 0 Å². The molecule has 6 atom stereocenters. The number of carbonyl (C=O) groups is 1. The molecule has 0 radical (unpaired) electrons.